The first-order valence-corrected chi connectivity index (χ1v) is 11.3. The Morgan fingerprint density at radius 2 is 1.66 bits per heavy atom. The summed E-state index contributed by atoms with van der Waals surface area (Å²) in [6.45, 7) is 4.25. The molecule has 1 amide bonds. The number of hydrogen-bond acceptors (Lipinski definition) is 8. The highest BCUT2D eigenvalue weighted by molar-refractivity contribution is 5.82. The Morgan fingerprint density at radius 1 is 1.00 bits per heavy atom. The maximum Gasteiger partial charge on any atom is 0.325 e. The van der Waals surface area contributed by atoms with Crippen LogP contribution in [0.2, 0.25) is 0 Å². The fourth-order valence-corrected chi connectivity index (χ4v) is 3.49. The van der Waals surface area contributed by atoms with E-state index in [9.17, 15) is 9.59 Å². The Hall–Kier alpha value is -3.88. The Morgan fingerprint density at radius 3 is 2.23 bits per heavy atom. The predicted molar refractivity (Wildman–Crippen MR) is 129 cm³/mol. The molecular formula is C26H31N3O6. The van der Waals surface area contributed by atoms with Crippen molar-refractivity contribution in [2.45, 2.75) is 39.2 Å². The minimum Gasteiger partial charge on any atom is -0.497 e. The molecule has 3 rings (SSSR count). The first-order valence-electron chi connectivity index (χ1n) is 11.3. The Bertz CT molecular complexity index is 1120. The van der Waals surface area contributed by atoms with Crippen LogP contribution in [-0.2, 0) is 27.3 Å². The number of amides is 1. The third-order valence-corrected chi connectivity index (χ3v) is 5.54. The van der Waals surface area contributed by atoms with E-state index >= 15 is 0 Å². The second kappa shape index (κ2) is 12.0. The molecule has 9 heteroatoms. The molecule has 0 saturated carbocycles. The molecule has 3 aromatic rings. The van der Waals surface area contributed by atoms with Gasteiger partial charge in [0.2, 0.25) is 17.6 Å². The average Bonchev–Trinajstić information content (AvgIpc) is 3.35. The van der Waals surface area contributed by atoms with Crippen molar-refractivity contribution in [1.29, 1.82) is 0 Å². The lowest BCUT2D eigenvalue weighted by Gasteiger charge is -2.22. The van der Waals surface area contributed by atoms with Crippen LogP contribution >= 0.6 is 0 Å². The van der Waals surface area contributed by atoms with Gasteiger partial charge in [-0.2, -0.15) is 4.98 Å². The van der Waals surface area contributed by atoms with Gasteiger partial charge in [-0.15, -0.1) is 0 Å². The summed E-state index contributed by atoms with van der Waals surface area (Å²) in [4.78, 5) is 30.8. The summed E-state index contributed by atoms with van der Waals surface area (Å²) in [7, 11) is 4.38. The van der Waals surface area contributed by atoms with Crippen molar-refractivity contribution in [1.82, 2.24) is 15.0 Å². The second-order valence-electron chi connectivity index (χ2n) is 8.34. The van der Waals surface area contributed by atoms with E-state index < -0.39 is 5.97 Å². The number of carbonyl (C=O) groups excluding carboxylic acids is 2. The van der Waals surface area contributed by atoms with Crippen molar-refractivity contribution in [2.24, 2.45) is 0 Å². The smallest absolute Gasteiger partial charge is 0.325 e. The highest BCUT2D eigenvalue weighted by Crippen LogP contribution is 2.24. The third-order valence-electron chi connectivity index (χ3n) is 5.54. The van der Waals surface area contributed by atoms with Crippen molar-refractivity contribution in [2.75, 3.05) is 27.9 Å². The van der Waals surface area contributed by atoms with Crippen LogP contribution < -0.4 is 9.47 Å². The van der Waals surface area contributed by atoms with Crippen LogP contribution in [0, 0.1) is 0 Å². The Labute approximate surface area is 205 Å². The zero-order valence-electron chi connectivity index (χ0n) is 20.7. The van der Waals surface area contributed by atoms with Gasteiger partial charge in [0.05, 0.1) is 21.3 Å². The fourth-order valence-electron chi connectivity index (χ4n) is 3.49. The predicted octanol–water partition coefficient (Wildman–Crippen LogP) is 4.01. The van der Waals surface area contributed by atoms with Crippen LogP contribution in [0.3, 0.4) is 0 Å². The van der Waals surface area contributed by atoms with E-state index in [-0.39, 0.29) is 31.8 Å². The van der Waals surface area contributed by atoms with Crippen LogP contribution in [0.4, 0.5) is 0 Å². The summed E-state index contributed by atoms with van der Waals surface area (Å²) >= 11 is 0. The van der Waals surface area contributed by atoms with Gasteiger partial charge in [0, 0.05) is 31.0 Å². The van der Waals surface area contributed by atoms with Crippen molar-refractivity contribution in [3.8, 4) is 22.9 Å². The number of carbonyl (C=O) groups is 2. The molecule has 186 valence electrons. The maximum absolute atomic E-state index is 13.0. The lowest BCUT2D eigenvalue weighted by molar-refractivity contribution is -0.147. The Balaban J connectivity index is 1.68. The first-order chi connectivity index (χ1) is 16.8. The van der Waals surface area contributed by atoms with Crippen LogP contribution in [0.15, 0.2) is 47.0 Å². The van der Waals surface area contributed by atoms with Crippen molar-refractivity contribution < 1.29 is 28.3 Å². The minimum atomic E-state index is -0.516. The Kier molecular flexibility index (Phi) is 8.83. The second-order valence-corrected chi connectivity index (χ2v) is 8.34. The number of ether oxygens (including phenoxy) is 3. The number of nitrogens with zero attached hydrogens (tertiary/aromatic N) is 3. The third kappa shape index (κ3) is 7.05. The molecule has 0 spiro atoms. The largest absolute Gasteiger partial charge is 0.497 e. The summed E-state index contributed by atoms with van der Waals surface area (Å²) in [5.41, 5.74) is 2.82. The maximum atomic E-state index is 13.0. The molecule has 35 heavy (non-hydrogen) atoms. The van der Waals surface area contributed by atoms with Gasteiger partial charge in [0.1, 0.15) is 18.0 Å². The molecule has 0 fully saturated rings. The summed E-state index contributed by atoms with van der Waals surface area (Å²) in [5.74, 6) is 1.66. The van der Waals surface area contributed by atoms with Crippen LogP contribution in [0.5, 0.6) is 11.5 Å². The van der Waals surface area contributed by atoms with Gasteiger partial charge >= 0.3 is 5.97 Å². The number of esters is 1. The highest BCUT2D eigenvalue weighted by atomic mass is 16.5. The number of aryl methyl sites for hydroxylation is 1. The highest BCUT2D eigenvalue weighted by Gasteiger charge is 2.20. The standard InChI is InChI=1S/C26H31N3O6/c1-17(2)19-6-8-20(9-7-19)26-27-23(35-28-26)10-11-24(30)29(16-25(31)34-5)15-18-12-21(32-3)14-22(13-18)33-4/h6-9,12-14,17H,10-11,15-16H2,1-5H3. The molecule has 1 heterocycles. The minimum absolute atomic E-state index is 0.0893. The first kappa shape index (κ1) is 25.7. The number of hydrogen-bond donors (Lipinski definition) is 0. The summed E-state index contributed by atoms with van der Waals surface area (Å²) < 4.78 is 20.7. The van der Waals surface area contributed by atoms with E-state index in [2.05, 4.69) is 24.0 Å². The molecule has 9 nitrogen and oxygen atoms in total. The molecule has 0 bridgehead atoms. The molecule has 0 atom stereocenters. The molecule has 0 saturated heterocycles. The molecule has 0 aliphatic carbocycles. The monoisotopic (exact) mass is 481 g/mol. The number of benzene rings is 2. The molecule has 0 aliphatic heterocycles. The van der Waals surface area contributed by atoms with Gasteiger partial charge in [0.15, 0.2) is 0 Å². The van der Waals surface area contributed by atoms with E-state index in [4.69, 9.17) is 18.7 Å². The summed E-state index contributed by atoms with van der Waals surface area (Å²) in [6.07, 6.45) is 0.334. The fraction of sp³-hybridized carbons (Fsp3) is 0.385. The van der Waals surface area contributed by atoms with Crippen molar-refractivity contribution >= 4 is 11.9 Å². The molecule has 2 aromatic carbocycles. The van der Waals surface area contributed by atoms with E-state index in [1.54, 1.807) is 32.4 Å². The van der Waals surface area contributed by atoms with Gasteiger partial charge in [-0.1, -0.05) is 43.3 Å². The molecule has 1 aromatic heterocycles. The van der Waals surface area contributed by atoms with E-state index in [1.807, 2.05) is 24.3 Å². The topological polar surface area (TPSA) is 104 Å². The van der Waals surface area contributed by atoms with E-state index in [1.165, 1.54) is 17.6 Å². The molecular weight excluding hydrogens is 450 g/mol. The lowest BCUT2D eigenvalue weighted by Crippen LogP contribution is -2.36. The van der Waals surface area contributed by atoms with E-state index in [0.717, 1.165) is 11.1 Å². The summed E-state index contributed by atoms with van der Waals surface area (Å²) in [5, 5.41) is 4.04. The van der Waals surface area contributed by atoms with Crippen molar-refractivity contribution in [3.63, 3.8) is 0 Å². The van der Waals surface area contributed by atoms with Gasteiger partial charge in [-0.25, -0.2) is 0 Å². The quantitative estimate of drug-likeness (QED) is 0.379. The number of rotatable bonds is 11. The average molecular weight is 482 g/mol. The molecule has 0 radical (unpaired) electrons. The summed E-state index contributed by atoms with van der Waals surface area (Å²) in [6, 6.07) is 13.3. The zero-order chi connectivity index (χ0) is 25.4. The van der Waals surface area contributed by atoms with Gasteiger partial charge in [-0.05, 0) is 29.2 Å². The van der Waals surface area contributed by atoms with Gasteiger partial charge in [0.25, 0.3) is 0 Å². The lowest BCUT2D eigenvalue weighted by atomic mass is 10.0. The SMILES string of the molecule is COC(=O)CN(Cc1cc(OC)cc(OC)c1)C(=O)CCc1nc(-c2ccc(C(C)C)cc2)no1. The van der Waals surface area contributed by atoms with E-state index in [0.29, 0.717) is 29.1 Å². The number of aromatic nitrogens is 2. The molecule has 0 N–H and O–H groups in total. The normalized spacial score (nSPS) is 10.8. The molecule has 0 unspecified atom stereocenters. The van der Waals surface area contributed by atoms with Crippen LogP contribution in [-0.4, -0.2) is 54.8 Å². The van der Waals surface area contributed by atoms with Crippen molar-refractivity contribution in [3.05, 3.63) is 59.5 Å². The van der Waals surface area contributed by atoms with Crippen LogP contribution in [0.1, 0.15) is 43.2 Å². The number of methoxy groups -OCH3 is 3. The van der Waals surface area contributed by atoms with Gasteiger partial charge < -0.3 is 23.6 Å². The van der Waals surface area contributed by atoms with Crippen LogP contribution in [0.25, 0.3) is 11.4 Å². The zero-order valence-corrected chi connectivity index (χ0v) is 20.7. The van der Waals surface area contributed by atoms with Gasteiger partial charge in [-0.3, -0.25) is 9.59 Å². The molecule has 0 aliphatic rings.